The van der Waals surface area contributed by atoms with Crippen molar-refractivity contribution in [3.63, 3.8) is 0 Å². The van der Waals surface area contributed by atoms with Crippen molar-refractivity contribution in [1.82, 2.24) is 24.5 Å². The molecule has 0 aliphatic rings. The molecule has 0 aliphatic carbocycles. The summed E-state index contributed by atoms with van der Waals surface area (Å²) in [4.78, 5) is 33.1. The van der Waals surface area contributed by atoms with Crippen molar-refractivity contribution in [3.8, 4) is 34.2 Å². The molecule has 0 saturated carbocycles. The number of hydrogen-bond donors (Lipinski definition) is 1. The van der Waals surface area contributed by atoms with Crippen molar-refractivity contribution < 1.29 is 9.92 Å². The summed E-state index contributed by atoms with van der Waals surface area (Å²) in [7, 11) is 0. The Hall–Kier alpha value is -4.64. The minimum Gasteiger partial charge on any atom is -0.338 e. The van der Waals surface area contributed by atoms with E-state index in [-0.39, 0.29) is 11.6 Å². The molecule has 11 heteroatoms. The SMILES string of the molecule is Cc1ccc(-n2cc(-c3cscn3)nc2-c2ccc(Nc3ncccc3O[N+](=O)[O-])cc2)cn1. The van der Waals surface area contributed by atoms with Gasteiger partial charge in [0.1, 0.15) is 17.2 Å². The van der Waals surface area contributed by atoms with Crippen LogP contribution in [0.15, 0.2) is 78.0 Å². The second-order valence-electron chi connectivity index (χ2n) is 7.22. The maximum absolute atomic E-state index is 10.7. The minimum absolute atomic E-state index is 0.0203. The summed E-state index contributed by atoms with van der Waals surface area (Å²) < 4.78 is 1.98. The van der Waals surface area contributed by atoms with Gasteiger partial charge in [0.25, 0.3) is 5.09 Å². The van der Waals surface area contributed by atoms with Crippen molar-refractivity contribution in [2.75, 3.05) is 5.32 Å². The highest BCUT2D eigenvalue weighted by atomic mass is 32.1. The molecule has 5 rings (SSSR count). The molecule has 4 heterocycles. The second-order valence-corrected chi connectivity index (χ2v) is 7.94. The number of aryl methyl sites for hydroxylation is 1. The van der Waals surface area contributed by atoms with Crippen LogP contribution in [0.1, 0.15) is 5.69 Å². The normalized spacial score (nSPS) is 10.7. The zero-order valence-electron chi connectivity index (χ0n) is 17.8. The molecule has 0 fully saturated rings. The molecule has 4 aromatic heterocycles. The predicted molar refractivity (Wildman–Crippen MR) is 128 cm³/mol. The number of nitrogens with one attached hydrogen (secondary N) is 1. The van der Waals surface area contributed by atoms with Crippen LogP contribution in [0.25, 0.3) is 28.5 Å². The lowest BCUT2D eigenvalue weighted by atomic mass is 10.2. The number of hydrogen-bond acceptors (Lipinski definition) is 9. The highest BCUT2D eigenvalue weighted by molar-refractivity contribution is 7.07. The molecule has 0 bridgehead atoms. The first kappa shape index (κ1) is 21.2. The number of thiazole rings is 1. The number of benzene rings is 1. The van der Waals surface area contributed by atoms with Crippen LogP contribution in [-0.4, -0.2) is 29.6 Å². The van der Waals surface area contributed by atoms with E-state index in [1.165, 1.54) is 23.6 Å². The van der Waals surface area contributed by atoms with E-state index in [2.05, 4.69) is 25.1 Å². The molecule has 0 unspecified atom stereocenters. The third-order valence-corrected chi connectivity index (χ3v) is 5.51. The van der Waals surface area contributed by atoms with Gasteiger partial charge in [-0.05, 0) is 55.5 Å². The van der Waals surface area contributed by atoms with Gasteiger partial charge in [-0.2, -0.15) is 0 Å². The Morgan fingerprint density at radius 2 is 1.91 bits per heavy atom. The first-order chi connectivity index (χ1) is 16.6. The summed E-state index contributed by atoms with van der Waals surface area (Å²) in [5.41, 5.74) is 6.70. The Labute approximate surface area is 197 Å². The molecule has 5 aromatic rings. The van der Waals surface area contributed by atoms with E-state index >= 15 is 0 Å². The largest absolute Gasteiger partial charge is 0.338 e. The van der Waals surface area contributed by atoms with Gasteiger partial charge in [-0.25, -0.2) is 15.0 Å². The predicted octanol–water partition coefficient (Wildman–Crippen LogP) is 5.08. The lowest BCUT2D eigenvalue weighted by Gasteiger charge is -2.11. The van der Waals surface area contributed by atoms with E-state index in [9.17, 15) is 10.1 Å². The van der Waals surface area contributed by atoms with E-state index in [0.717, 1.165) is 34.2 Å². The molecule has 168 valence electrons. The van der Waals surface area contributed by atoms with Gasteiger partial charge < -0.3 is 5.32 Å². The van der Waals surface area contributed by atoms with Gasteiger partial charge in [0, 0.05) is 34.7 Å². The van der Waals surface area contributed by atoms with E-state index in [1.807, 2.05) is 59.5 Å². The number of rotatable bonds is 7. The molecule has 34 heavy (non-hydrogen) atoms. The van der Waals surface area contributed by atoms with Crippen molar-refractivity contribution in [3.05, 3.63) is 93.8 Å². The van der Waals surface area contributed by atoms with Crippen LogP contribution in [0, 0.1) is 17.0 Å². The number of anilines is 2. The summed E-state index contributed by atoms with van der Waals surface area (Å²) in [6, 6.07) is 14.5. The molecule has 0 saturated heterocycles. The summed E-state index contributed by atoms with van der Waals surface area (Å²) in [6.07, 6.45) is 5.27. The van der Waals surface area contributed by atoms with E-state index in [0.29, 0.717) is 5.69 Å². The summed E-state index contributed by atoms with van der Waals surface area (Å²) >= 11 is 1.51. The summed E-state index contributed by atoms with van der Waals surface area (Å²) in [5, 5.41) is 14.9. The Morgan fingerprint density at radius 3 is 2.62 bits per heavy atom. The van der Waals surface area contributed by atoms with Crippen molar-refractivity contribution in [2.24, 2.45) is 0 Å². The van der Waals surface area contributed by atoms with Gasteiger partial charge in [0.15, 0.2) is 11.6 Å². The molecular formula is C23H17N7O3S. The van der Waals surface area contributed by atoms with E-state index < -0.39 is 5.09 Å². The Morgan fingerprint density at radius 1 is 1.06 bits per heavy atom. The lowest BCUT2D eigenvalue weighted by Crippen LogP contribution is -2.06. The van der Waals surface area contributed by atoms with Crippen molar-refractivity contribution in [1.29, 1.82) is 0 Å². The summed E-state index contributed by atoms with van der Waals surface area (Å²) in [6.45, 7) is 1.94. The number of nitrogens with zero attached hydrogens (tertiary/aromatic N) is 6. The standard InChI is InChI=1S/C23H17N7O3S/c1-15-4-9-18(11-25-15)29-12-19(20-13-34-14-26-20)28-23(29)16-5-7-17(8-6-16)27-22-21(33-30(31)32)3-2-10-24-22/h2-14H,1H3,(H,24,27). The first-order valence-corrected chi connectivity index (χ1v) is 11.1. The second kappa shape index (κ2) is 9.08. The smallest absolute Gasteiger partial charge is 0.299 e. The topological polar surface area (TPSA) is 121 Å². The molecule has 10 nitrogen and oxygen atoms in total. The molecule has 0 atom stereocenters. The van der Waals surface area contributed by atoms with Gasteiger partial charge in [-0.1, -0.05) is 0 Å². The summed E-state index contributed by atoms with van der Waals surface area (Å²) in [5.74, 6) is 0.993. The van der Waals surface area contributed by atoms with Crippen molar-refractivity contribution in [2.45, 2.75) is 6.92 Å². The van der Waals surface area contributed by atoms with Gasteiger partial charge in [0.2, 0.25) is 0 Å². The number of aromatic nitrogens is 5. The van der Waals surface area contributed by atoms with Crippen LogP contribution in [0.5, 0.6) is 5.75 Å². The molecular weight excluding hydrogens is 454 g/mol. The lowest BCUT2D eigenvalue weighted by molar-refractivity contribution is -0.710. The molecule has 1 N–H and O–H groups in total. The molecule has 0 radical (unpaired) electrons. The average Bonchev–Trinajstić information content (AvgIpc) is 3.51. The quantitative estimate of drug-likeness (QED) is 0.258. The maximum atomic E-state index is 10.7. The monoisotopic (exact) mass is 471 g/mol. The fraction of sp³-hybridized carbons (Fsp3) is 0.0435. The molecule has 1 aromatic carbocycles. The molecule has 0 amide bonds. The zero-order valence-corrected chi connectivity index (χ0v) is 18.6. The van der Waals surface area contributed by atoms with Crippen LogP contribution in [0.3, 0.4) is 0 Å². The van der Waals surface area contributed by atoms with E-state index in [4.69, 9.17) is 4.98 Å². The number of pyridine rings is 2. The van der Waals surface area contributed by atoms with Crippen LogP contribution < -0.4 is 10.2 Å². The highest BCUT2D eigenvalue weighted by Gasteiger charge is 2.15. The van der Waals surface area contributed by atoms with E-state index in [1.54, 1.807) is 17.8 Å². The highest BCUT2D eigenvalue weighted by Crippen LogP contribution is 2.30. The van der Waals surface area contributed by atoms with Crippen LogP contribution in [0.4, 0.5) is 11.5 Å². The minimum atomic E-state index is -0.870. The van der Waals surface area contributed by atoms with Crippen LogP contribution in [0.2, 0.25) is 0 Å². The van der Waals surface area contributed by atoms with Gasteiger partial charge in [-0.15, -0.1) is 21.5 Å². The van der Waals surface area contributed by atoms with Gasteiger partial charge in [-0.3, -0.25) is 14.4 Å². The molecule has 0 aliphatic heterocycles. The third-order valence-electron chi connectivity index (χ3n) is 4.92. The van der Waals surface area contributed by atoms with Crippen molar-refractivity contribution >= 4 is 22.8 Å². The third kappa shape index (κ3) is 4.45. The fourth-order valence-corrected chi connectivity index (χ4v) is 3.87. The van der Waals surface area contributed by atoms with Gasteiger partial charge >= 0.3 is 0 Å². The van der Waals surface area contributed by atoms with Crippen LogP contribution >= 0.6 is 11.3 Å². The Balaban J connectivity index is 1.48. The zero-order chi connectivity index (χ0) is 23.5. The van der Waals surface area contributed by atoms with Crippen LogP contribution in [-0.2, 0) is 0 Å². The fourth-order valence-electron chi connectivity index (χ4n) is 3.32. The number of imidazole rings is 1. The van der Waals surface area contributed by atoms with Gasteiger partial charge in [0.05, 0.1) is 17.4 Å². The Kier molecular flexibility index (Phi) is 5.67. The average molecular weight is 472 g/mol. The maximum Gasteiger partial charge on any atom is 0.299 e. The first-order valence-electron chi connectivity index (χ1n) is 10.1. The molecule has 0 spiro atoms. The Bertz CT molecular complexity index is 1430.